The van der Waals surface area contributed by atoms with Crippen LogP contribution in [0.25, 0.3) is 0 Å². The molecule has 1 aliphatic heterocycles. The van der Waals surface area contributed by atoms with E-state index >= 15 is 0 Å². The first-order chi connectivity index (χ1) is 15.7. The Balaban J connectivity index is 1.58. The van der Waals surface area contributed by atoms with Crippen LogP contribution in [0.2, 0.25) is 0 Å². The molecule has 0 radical (unpaired) electrons. The van der Waals surface area contributed by atoms with Crippen LogP contribution in [0.3, 0.4) is 0 Å². The number of hydrogen-bond acceptors (Lipinski definition) is 3. The fourth-order valence-electron chi connectivity index (χ4n) is 5.05. The Morgan fingerprint density at radius 1 is 0.875 bits per heavy atom. The Kier molecular flexibility index (Phi) is 7.78. The normalized spacial score (nSPS) is 22.8. The summed E-state index contributed by atoms with van der Waals surface area (Å²) in [7, 11) is 0. The molecule has 0 unspecified atom stereocenters. The quantitative estimate of drug-likeness (QED) is 0.280. The van der Waals surface area contributed by atoms with E-state index < -0.39 is 0 Å². The zero-order valence-corrected chi connectivity index (χ0v) is 19.9. The summed E-state index contributed by atoms with van der Waals surface area (Å²) in [4.78, 5) is 0. The molecule has 3 nitrogen and oxygen atoms in total. The molecule has 0 spiro atoms. The predicted octanol–water partition coefficient (Wildman–Crippen LogP) is 8.01. The molecule has 0 saturated heterocycles. The Hall–Kier alpha value is -2.42. The highest BCUT2D eigenvalue weighted by atomic mass is 16.5. The van der Waals surface area contributed by atoms with Gasteiger partial charge in [0.25, 0.3) is 0 Å². The van der Waals surface area contributed by atoms with Gasteiger partial charge in [0.05, 0.1) is 13.2 Å². The summed E-state index contributed by atoms with van der Waals surface area (Å²) < 4.78 is 18.5. The van der Waals surface area contributed by atoms with Crippen molar-refractivity contribution in [3.05, 3.63) is 65.2 Å². The molecule has 1 aliphatic carbocycles. The van der Waals surface area contributed by atoms with Crippen LogP contribution in [0, 0.1) is 5.92 Å². The summed E-state index contributed by atoms with van der Waals surface area (Å²) in [6.45, 7) is 8.17. The van der Waals surface area contributed by atoms with Crippen LogP contribution >= 0.6 is 0 Å². The van der Waals surface area contributed by atoms with Crippen molar-refractivity contribution < 1.29 is 14.2 Å². The molecule has 32 heavy (non-hydrogen) atoms. The molecule has 0 amide bonds. The molecular formula is C29H38O3. The second-order valence-electron chi connectivity index (χ2n) is 9.16. The molecule has 0 aromatic heterocycles. The van der Waals surface area contributed by atoms with E-state index in [4.69, 9.17) is 14.2 Å². The largest absolute Gasteiger partial charge is 0.494 e. The third kappa shape index (κ3) is 5.14. The molecule has 0 N–H and O–H groups in total. The van der Waals surface area contributed by atoms with Crippen molar-refractivity contribution in [3.8, 4) is 17.2 Å². The first kappa shape index (κ1) is 22.8. The van der Waals surface area contributed by atoms with Crippen LogP contribution in [0.4, 0.5) is 0 Å². The highest BCUT2D eigenvalue weighted by molar-refractivity contribution is 5.47. The number of hydrogen-bond donors (Lipinski definition) is 0. The lowest BCUT2D eigenvalue weighted by Crippen LogP contribution is -2.26. The van der Waals surface area contributed by atoms with Crippen molar-refractivity contribution in [3.63, 3.8) is 0 Å². The maximum Gasteiger partial charge on any atom is 0.127 e. The fourth-order valence-corrected chi connectivity index (χ4v) is 5.05. The minimum absolute atomic E-state index is 0.0757. The summed E-state index contributed by atoms with van der Waals surface area (Å²) in [5.41, 5.74) is 4.13. The van der Waals surface area contributed by atoms with E-state index in [9.17, 15) is 0 Å². The fraction of sp³-hybridized carbons (Fsp3) is 0.517. The van der Waals surface area contributed by atoms with E-state index in [1.807, 2.05) is 0 Å². The summed E-state index contributed by atoms with van der Waals surface area (Å²) in [5, 5.41) is 0. The molecule has 2 aromatic carbocycles. The van der Waals surface area contributed by atoms with Gasteiger partial charge in [-0.1, -0.05) is 57.4 Å². The molecule has 3 atom stereocenters. The summed E-state index contributed by atoms with van der Waals surface area (Å²) >= 11 is 0. The van der Waals surface area contributed by atoms with E-state index in [-0.39, 0.29) is 6.10 Å². The molecule has 0 bridgehead atoms. The lowest BCUT2D eigenvalue weighted by molar-refractivity contribution is 0.105. The minimum atomic E-state index is 0.0757. The third-order valence-electron chi connectivity index (χ3n) is 6.76. The van der Waals surface area contributed by atoms with Gasteiger partial charge in [-0.15, -0.1) is 0 Å². The molecule has 1 heterocycles. The Morgan fingerprint density at radius 2 is 1.56 bits per heavy atom. The highest BCUT2D eigenvalue weighted by Gasteiger charge is 2.43. The summed E-state index contributed by atoms with van der Waals surface area (Å²) in [5.74, 6) is 3.87. The highest BCUT2D eigenvalue weighted by Crippen LogP contribution is 2.56. The molecule has 4 rings (SSSR count). The Labute approximate surface area is 193 Å². The molecule has 1 saturated carbocycles. The lowest BCUT2D eigenvalue weighted by Gasteiger charge is -2.36. The van der Waals surface area contributed by atoms with E-state index in [1.165, 1.54) is 11.1 Å². The monoisotopic (exact) mass is 434 g/mol. The second-order valence-corrected chi connectivity index (χ2v) is 9.16. The topological polar surface area (TPSA) is 27.7 Å². The lowest BCUT2D eigenvalue weighted by atomic mass is 9.80. The van der Waals surface area contributed by atoms with Crippen LogP contribution < -0.4 is 14.2 Å². The molecule has 2 aromatic rings. The van der Waals surface area contributed by atoms with Gasteiger partial charge in [-0.25, -0.2) is 0 Å². The van der Waals surface area contributed by atoms with E-state index in [0.717, 1.165) is 75.4 Å². The molecule has 1 fully saturated rings. The maximum absolute atomic E-state index is 6.65. The summed E-state index contributed by atoms with van der Waals surface area (Å²) in [6, 6.07) is 15.0. The van der Waals surface area contributed by atoms with Crippen molar-refractivity contribution in [1.29, 1.82) is 0 Å². The van der Waals surface area contributed by atoms with Gasteiger partial charge in [0.15, 0.2) is 0 Å². The van der Waals surface area contributed by atoms with E-state index in [1.54, 1.807) is 5.57 Å². The molecule has 172 valence electrons. The average molecular weight is 435 g/mol. The number of fused-ring (bicyclic) bond motifs is 3. The van der Waals surface area contributed by atoms with Gasteiger partial charge in [-0.3, -0.25) is 0 Å². The molecular weight excluding hydrogens is 396 g/mol. The number of rotatable bonds is 10. The number of allylic oxidation sites excluding steroid dienone is 2. The zero-order valence-electron chi connectivity index (χ0n) is 19.9. The van der Waals surface area contributed by atoms with Crippen molar-refractivity contribution >= 4 is 0 Å². The number of ether oxygens (including phenoxy) is 3. The third-order valence-corrected chi connectivity index (χ3v) is 6.76. The second kappa shape index (κ2) is 10.9. The van der Waals surface area contributed by atoms with Crippen LogP contribution in [-0.4, -0.2) is 13.2 Å². The van der Waals surface area contributed by atoms with Gasteiger partial charge in [0.1, 0.15) is 23.4 Å². The Bertz CT molecular complexity index is 899. The van der Waals surface area contributed by atoms with Gasteiger partial charge in [0, 0.05) is 11.5 Å². The van der Waals surface area contributed by atoms with Gasteiger partial charge in [-0.05, 0) is 73.9 Å². The maximum atomic E-state index is 6.65. The van der Waals surface area contributed by atoms with Gasteiger partial charge < -0.3 is 14.2 Å². The van der Waals surface area contributed by atoms with E-state index in [2.05, 4.69) is 69.3 Å². The smallest absolute Gasteiger partial charge is 0.127 e. The van der Waals surface area contributed by atoms with Crippen LogP contribution in [0.15, 0.2) is 54.1 Å². The molecule has 3 heteroatoms. The van der Waals surface area contributed by atoms with Crippen molar-refractivity contribution in [2.45, 2.75) is 77.7 Å². The van der Waals surface area contributed by atoms with Crippen molar-refractivity contribution in [2.75, 3.05) is 13.2 Å². The number of unbranched alkanes of at least 4 members (excludes halogenated alkanes) is 2. The minimum Gasteiger partial charge on any atom is -0.494 e. The van der Waals surface area contributed by atoms with Crippen molar-refractivity contribution in [2.24, 2.45) is 5.92 Å². The molecule has 2 aliphatic rings. The number of benzene rings is 2. The average Bonchev–Trinajstić information content (AvgIpc) is 3.24. The van der Waals surface area contributed by atoms with Crippen LogP contribution in [0.1, 0.15) is 88.9 Å². The Morgan fingerprint density at radius 3 is 2.25 bits per heavy atom. The van der Waals surface area contributed by atoms with Crippen LogP contribution in [-0.2, 0) is 0 Å². The predicted molar refractivity (Wildman–Crippen MR) is 131 cm³/mol. The summed E-state index contributed by atoms with van der Waals surface area (Å²) in [6.07, 6.45) is 10.3. The standard InChI is InChI=1S/C29H38O3/c1-4-7-16-30-23-12-10-22(11-13-23)29-27-19-21(9-6-3)18-25(27)26-20-24(31-17-8-5-2)14-15-28(26)32-29/h9-15,20,25,27,29H,4-8,16-19H2,1-3H3/t25-,27-,29-/m0/s1. The van der Waals surface area contributed by atoms with Crippen LogP contribution in [0.5, 0.6) is 17.2 Å². The van der Waals surface area contributed by atoms with Gasteiger partial charge in [-0.2, -0.15) is 0 Å². The zero-order chi connectivity index (χ0) is 22.3. The van der Waals surface area contributed by atoms with Gasteiger partial charge in [0.2, 0.25) is 0 Å². The first-order valence-electron chi connectivity index (χ1n) is 12.6. The van der Waals surface area contributed by atoms with E-state index in [0.29, 0.717) is 11.8 Å². The van der Waals surface area contributed by atoms with Gasteiger partial charge >= 0.3 is 0 Å². The SMILES string of the molecule is CCC=C1C[C@H]2[C@@H](C1)c1cc(OCCCC)ccc1O[C@H]2c1ccc(OCCCC)cc1. The first-order valence-corrected chi connectivity index (χ1v) is 12.6. The van der Waals surface area contributed by atoms with Crippen molar-refractivity contribution in [1.82, 2.24) is 0 Å².